The summed E-state index contributed by atoms with van der Waals surface area (Å²) in [6.45, 7) is 3.54. The van der Waals surface area contributed by atoms with Gasteiger partial charge in [0, 0.05) is 26.2 Å². The molecule has 1 aliphatic rings. The van der Waals surface area contributed by atoms with E-state index in [-0.39, 0.29) is 0 Å². The van der Waals surface area contributed by atoms with Gasteiger partial charge in [-0.15, -0.1) is 0 Å². The topological polar surface area (TPSA) is 35.2 Å². The number of benzene rings is 2. The molecule has 0 atom stereocenters. The molecule has 9 heteroatoms. The Labute approximate surface area is 188 Å². The number of hydrogen-bond acceptors (Lipinski definition) is 4. The number of halogens is 3. The highest BCUT2D eigenvalue weighted by Crippen LogP contribution is 2.29. The number of aromatic amines is 1. The van der Waals surface area contributed by atoms with Crippen molar-refractivity contribution >= 4 is 79.8 Å². The Kier molecular flexibility index (Phi) is 6.23. The number of para-hydroxylation sites is 1. The molecule has 0 radical (unpaired) electrons. The van der Waals surface area contributed by atoms with Crippen molar-refractivity contribution in [2.24, 2.45) is 0 Å². The number of fused-ring (bicyclic) bond motifs is 1. The zero-order valence-electron chi connectivity index (χ0n) is 14.8. The fourth-order valence-electron chi connectivity index (χ4n) is 3.19. The first kappa shape index (κ1) is 20.1. The molecule has 4 nitrogen and oxygen atoms in total. The fraction of sp³-hybridized carbons (Fsp3) is 0.263. The minimum atomic E-state index is 0.506. The van der Waals surface area contributed by atoms with Crippen LogP contribution in [0.2, 0.25) is 15.1 Å². The maximum atomic E-state index is 6.31. The van der Waals surface area contributed by atoms with Crippen LogP contribution in [0.3, 0.4) is 0 Å². The predicted octanol–water partition coefficient (Wildman–Crippen LogP) is 5.86. The van der Waals surface area contributed by atoms with E-state index in [1.165, 1.54) is 0 Å². The summed E-state index contributed by atoms with van der Waals surface area (Å²) in [5.41, 5.74) is 2.77. The van der Waals surface area contributed by atoms with Crippen LogP contribution in [-0.4, -0.2) is 45.4 Å². The number of aromatic nitrogens is 2. The monoisotopic (exact) mass is 470 g/mol. The SMILES string of the molecule is S=C(SCc1nc2cc(Cl)c(Cl)cc2[nH]1)N1CCN(c2ccccc2Cl)CC1. The van der Waals surface area contributed by atoms with Crippen molar-refractivity contribution < 1.29 is 0 Å². The Morgan fingerprint density at radius 3 is 2.50 bits per heavy atom. The zero-order valence-corrected chi connectivity index (χ0v) is 18.7. The van der Waals surface area contributed by atoms with Gasteiger partial charge in [-0.05, 0) is 24.3 Å². The van der Waals surface area contributed by atoms with Gasteiger partial charge in [-0.25, -0.2) is 4.98 Å². The molecule has 1 N–H and O–H groups in total. The lowest BCUT2D eigenvalue weighted by molar-refractivity contribution is 0.397. The molecule has 2 heterocycles. The van der Waals surface area contributed by atoms with Gasteiger partial charge >= 0.3 is 0 Å². The minimum absolute atomic E-state index is 0.506. The highest BCUT2D eigenvalue weighted by Gasteiger charge is 2.21. The van der Waals surface area contributed by atoms with E-state index >= 15 is 0 Å². The molecular weight excluding hydrogens is 455 g/mol. The first-order valence-electron chi connectivity index (χ1n) is 8.76. The van der Waals surface area contributed by atoms with Crippen molar-refractivity contribution in [3.8, 4) is 0 Å². The summed E-state index contributed by atoms with van der Waals surface area (Å²) in [4.78, 5) is 12.4. The third-order valence-corrected chi connectivity index (χ3v) is 7.21. The molecule has 1 aromatic heterocycles. The summed E-state index contributed by atoms with van der Waals surface area (Å²) in [5.74, 6) is 1.53. The van der Waals surface area contributed by atoms with Gasteiger partial charge < -0.3 is 14.8 Å². The first-order chi connectivity index (χ1) is 13.5. The lowest BCUT2D eigenvalue weighted by atomic mass is 10.2. The average molecular weight is 472 g/mol. The number of imidazole rings is 1. The molecule has 4 rings (SSSR count). The van der Waals surface area contributed by atoms with E-state index in [1.54, 1.807) is 23.9 Å². The van der Waals surface area contributed by atoms with E-state index < -0.39 is 0 Å². The summed E-state index contributed by atoms with van der Waals surface area (Å²) in [6.07, 6.45) is 0. The van der Waals surface area contributed by atoms with Crippen LogP contribution in [0.15, 0.2) is 36.4 Å². The van der Waals surface area contributed by atoms with Gasteiger partial charge in [-0.3, -0.25) is 0 Å². The molecule has 0 spiro atoms. The van der Waals surface area contributed by atoms with Crippen LogP contribution < -0.4 is 4.90 Å². The van der Waals surface area contributed by atoms with E-state index in [0.29, 0.717) is 15.8 Å². The molecule has 1 aliphatic heterocycles. The largest absolute Gasteiger partial charge is 0.367 e. The van der Waals surface area contributed by atoms with Crippen molar-refractivity contribution in [1.82, 2.24) is 14.9 Å². The molecule has 0 saturated carbocycles. The molecule has 1 fully saturated rings. The Hall–Kier alpha value is -1.18. The first-order valence-corrected chi connectivity index (χ1v) is 11.3. The quantitative estimate of drug-likeness (QED) is 0.484. The second-order valence-electron chi connectivity index (χ2n) is 6.45. The van der Waals surface area contributed by atoms with Crippen molar-refractivity contribution in [3.05, 3.63) is 57.3 Å². The number of piperazine rings is 1. The summed E-state index contributed by atoms with van der Waals surface area (Å²) >= 11 is 25.7. The maximum Gasteiger partial charge on any atom is 0.136 e. The van der Waals surface area contributed by atoms with Crippen molar-refractivity contribution in [3.63, 3.8) is 0 Å². The van der Waals surface area contributed by atoms with E-state index in [1.807, 2.05) is 18.2 Å². The number of thioether (sulfide) groups is 1. The summed E-state index contributed by atoms with van der Waals surface area (Å²) in [6, 6.07) is 11.5. The van der Waals surface area contributed by atoms with Crippen LogP contribution >= 0.6 is 58.8 Å². The second-order valence-corrected chi connectivity index (χ2v) is 9.28. The predicted molar refractivity (Wildman–Crippen MR) is 125 cm³/mol. The number of anilines is 1. The fourth-order valence-corrected chi connectivity index (χ4v) is 4.88. The Balaban J connectivity index is 1.33. The summed E-state index contributed by atoms with van der Waals surface area (Å²) in [5, 5.41) is 1.81. The van der Waals surface area contributed by atoms with Crippen LogP contribution in [0.25, 0.3) is 11.0 Å². The van der Waals surface area contributed by atoms with Crippen LogP contribution in [0.5, 0.6) is 0 Å². The lowest BCUT2D eigenvalue weighted by Crippen LogP contribution is -2.47. The maximum absolute atomic E-state index is 6.31. The molecule has 2 aromatic carbocycles. The Morgan fingerprint density at radius 1 is 1.04 bits per heavy atom. The smallest absolute Gasteiger partial charge is 0.136 e. The van der Waals surface area contributed by atoms with Crippen molar-refractivity contribution in [2.75, 3.05) is 31.1 Å². The van der Waals surface area contributed by atoms with Crippen LogP contribution in [-0.2, 0) is 5.75 Å². The highest BCUT2D eigenvalue weighted by atomic mass is 35.5. The molecule has 28 heavy (non-hydrogen) atoms. The van der Waals surface area contributed by atoms with Crippen LogP contribution in [0.4, 0.5) is 5.69 Å². The molecule has 146 valence electrons. The third kappa shape index (κ3) is 4.36. The molecule has 0 aliphatic carbocycles. The average Bonchev–Trinajstić information content (AvgIpc) is 3.08. The van der Waals surface area contributed by atoms with E-state index in [9.17, 15) is 0 Å². The zero-order chi connectivity index (χ0) is 19.7. The minimum Gasteiger partial charge on any atom is -0.367 e. The van der Waals surface area contributed by atoms with E-state index in [4.69, 9.17) is 47.0 Å². The van der Waals surface area contributed by atoms with Gasteiger partial charge in [-0.1, -0.05) is 70.9 Å². The van der Waals surface area contributed by atoms with E-state index in [0.717, 1.165) is 58.1 Å². The van der Waals surface area contributed by atoms with E-state index in [2.05, 4.69) is 25.8 Å². The molecular formula is C19H17Cl3N4S2. The number of nitrogens with one attached hydrogen (secondary N) is 1. The molecule has 0 bridgehead atoms. The molecule has 0 unspecified atom stereocenters. The van der Waals surface area contributed by atoms with Crippen molar-refractivity contribution in [1.29, 1.82) is 0 Å². The lowest BCUT2D eigenvalue weighted by Gasteiger charge is -2.37. The third-order valence-electron chi connectivity index (χ3n) is 4.64. The Bertz CT molecular complexity index is 977. The summed E-state index contributed by atoms with van der Waals surface area (Å²) < 4.78 is 0.885. The molecule has 1 saturated heterocycles. The standard InChI is InChI=1S/C19H17Cl3N4S2/c20-12-3-1-2-4-17(12)25-5-7-26(8-6-25)19(27)28-11-18-23-15-9-13(21)14(22)10-16(15)24-18/h1-4,9-10H,5-8,11H2,(H,23,24). The Morgan fingerprint density at radius 2 is 1.75 bits per heavy atom. The van der Waals surface area contributed by atoms with Gasteiger partial charge in [0.15, 0.2) is 0 Å². The van der Waals surface area contributed by atoms with Gasteiger partial charge in [0.1, 0.15) is 10.1 Å². The number of nitrogens with zero attached hydrogens (tertiary/aromatic N) is 3. The summed E-state index contributed by atoms with van der Waals surface area (Å²) in [7, 11) is 0. The normalized spacial score (nSPS) is 14.7. The highest BCUT2D eigenvalue weighted by molar-refractivity contribution is 8.22. The molecule has 0 amide bonds. The second kappa shape index (κ2) is 8.67. The van der Waals surface area contributed by atoms with Crippen LogP contribution in [0.1, 0.15) is 5.82 Å². The number of rotatable bonds is 3. The number of H-pyrrole nitrogens is 1. The van der Waals surface area contributed by atoms with Gasteiger partial charge in [0.25, 0.3) is 0 Å². The van der Waals surface area contributed by atoms with Gasteiger partial charge in [0.2, 0.25) is 0 Å². The molecule has 3 aromatic rings. The van der Waals surface area contributed by atoms with Gasteiger partial charge in [0.05, 0.1) is 37.5 Å². The van der Waals surface area contributed by atoms with Gasteiger partial charge in [-0.2, -0.15) is 0 Å². The number of thiocarbonyl (C=S) groups is 1. The number of hydrogen-bond donors (Lipinski definition) is 1. The van der Waals surface area contributed by atoms with Crippen molar-refractivity contribution in [2.45, 2.75) is 5.75 Å². The van der Waals surface area contributed by atoms with Crippen LogP contribution in [0, 0.1) is 0 Å².